The van der Waals surface area contributed by atoms with Gasteiger partial charge in [-0.25, -0.2) is 0 Å². The molecule has 9 nitrogen and oxygen atoms in total. The van der Waals surface area contributed by atoms with Gasteiger partial charge in [-0.15, -0.1) is 0 Å². The summed E-state index contributed by atoms with van der Waals surface area (Å²) in [5.74, 6) is -4.69. The van der Waals surface area contributed by atoms with Crippen LogP contribution in [0.25, 0.3) is 0 Å². The van der Waals surface area contributed by atoms with Crippen LogP contribution < -0.4 is 4.74 Å². The van der Waals surface area contributed by atoms with Gasteiger partial charge in [0.25, 0.3) is 0 Å². The number of benzene rings is 1. The SMILES string of the molecule is CCN(CC)C(=O)C(F)(F)Oc1cc(F)c([N+](=O)[O-])cc1[N+](=O)[O-]. The maximum atomic E-state index is 13.9. The summed E-state index contributed by atoms with van der Waals surface area (Å²) in [4.78, 5) is 31.2. The summed E-state index contributed by atoms with van der Waals surface area (Å²) in [5.41, 5.74) is -2.55. The third-order valence-electron chi connectivity index (χ3n) is 2.96. The normalized spacial score (nSPS) is 11.0. The second-order valence-corrected chi connectivity index (χ2v) is 4.38. The van der Waals surface area contributed by atoms with Gasteiger partial charge < -0.3 is 9.64 Å². The summed E-state index contributed by atoms with van der Waals surface area (Å²) in [5, 5.41) is 21.4. The van der Waals surface area contributed by atoms with Crippen molar-refractivity contribution >= 4 is 17.3 Å². The minimum atomic E-state index is -4.51. The fraction of sp³-hybridized carbons (Fsp3) is 0.417. The van der Waals surface area contributed by atoms with E-state index in [1.165, 1.54) is 13.8 Å². The minimum Gasteiger partial charge on any atom is -0.418 e. The zero-order chi connectivity index (χ0) is 18.7. The first-order chi connectivity index (χ1) is 11.0. The molecule has 0 saturated heterocycles. The number of rotatable bonds is 7. The monoisotopic (exact) mass is 351 g/mol. The molecule has 0 fully saturated rings. The van der Waals surface area contributed by atoms with Crippen LogP contribution in [0, 0.1) is 26.0 Å². The van der Waals surface area contributed by atoms with Crippen LogP contribution in [0.2, 0.25) is 0 Å². The van der Waals surface area contributed by atoms with Gasteiger partial charge in [-0.1, -0.05) is 0 Å². The molecule has 0 atom stereocenters. The summed E-state index contributed by atoms with van der Waals surface area (Å²) in [6, 6.07) is 0.211. The average molecular weight is 351 g/mol. The lowest BCUT2D eigenvalue weighted by Gasteiger charge is -2.24. The molecule has 0 saturated carbocycles. The van der Waals surface area contributed by atoms with Gasteiger partial charge in [0.15, 0.2) is 0 Å². The Balaban J connectivity index is 3.31. The summed E-state index contributed by atoms with van der Waals surface area (Å²) in [7, 11) is 0. The second kappa shape index (κ2) is 7.10. The topological polar surface area (TPSA) is 116 Å². The van der Waals surface area contributed by atoms with Gasteiger partial charge in [0.1, 0.15) is 6.07 Å². The zero-order valence-corrected chi connectivity index (χ0v) is 12.5. The van der Waals surface area contributed by atoms with Crippen LogP contribution in [0.1, 0.15) is 13.8 Å². The lowest BCUT2D eigenvalue weighted by atomic mass is 10.2. The molecule has 132 valence electrons. The Kier molecular flexibility index (Phi) is 5.66. The Bertz CT molecular complexity index is 678. The number of hydrogen-bond acceptors (Lipinski definition) is 6. The molecule has 0 spiro atoms. The van der Waals surface area contributed by atoms with Gasteiger partial charge >= 0.3 is 23.4 Å². The van der Waals surface area contributed by atoms with E-state index >= 15 is 0 Å². The van der Waals surface area contributed by atoms with E-state index < -0.39 is 44.8 Å². The van der Waals surface area contributed by atoms with Crippen LogP contribution in [-0.4, -0.2) is 39.9 Å². The minimum absolute atomic E-state index is 0.0691. The van der Waals surface area contributed by atoms with Crippen LogP contribution in [0.15, 0.2) is 12.1 Å². The molecule has 1 aromatic rings. The van der Waals surface area contributed by atoms with Gasteiger partial charge in [-0.05, 0) is 13.8 Å². The first-order valence-corrected chi connectivity index (χ1v) is 6.53. The number of nitrogens with zero attached hydrogens (tertiary/aromatic N) is 3. The van der Waals surface area contributed by atoms with Gasteiger partial charge in [0.05, 0.1) is 9.85 Å². The third-order valence-corrected chi connectivity index (χ3v) is 2.96. The number of amides is 1. The van der Waals surface area contributed by atoms with E-state index in [1.807, 2.05) is 0 Å². The molecule has 0 aromatic heterocycles. The summed E-state index contributed by atoms with van der Waals surface area (Å²) in [6.45, 7) is 2.69. The maximum absolute atomic E-state index is 13.9. The lowest BCUT2D eigenvalue weighted by Crippen LogP contribution is -2.47. The van der Waals surface area contributed by atoms with Crippen LogP contribution in [0.5, 0.6) is 5.75 Å². The predicted molar refractivity (Wildman–Crippen MR) is 73.2 cm³/mol. The molecule has 0 aliphatic carbocycles. The Labute approximate surface area is 132 Å². The van der Waals surface area contributed by atoms with Crippen LogP contribution in [-0.2, 0) is 4.79 Å². The summed E-state index contributed by atoms with van der Waals surface area (Å²) in [6.07, 6.45) is -4.51. The van der Waals surface area contributed by atoms with Gasteiger partial charge in [0.2, 0.25) is 11.6 Å². The lowest BCUT2D eigenvalue weighted by molar-refractivity contribution is -0.397. The molecule has 0 radical (unpaired) electrons. The summed E-state index contributed by atoms with van der Waals surface area (Å²) < 4.78 is 45.3. The first kappa shape index (κ1) is 19.1. The van der Waals surface area contributed by atoms with Crippen LogP contribution in [0.4, 0.5) is 24.5 Å². The smallest absolute Gasteiger partial charge is 0.418 e. The fourth-order valence-electron chi connectivity index (χ4n) is 1.77. The Morgan fingerprint density at radius 3 is 2.08 bits per heavy atom. The number of nitro benzene ring substituents is 2. The van der Waals surface area contributed by atoms with Crippen molar-refractivity contribution in [3.05, 3.63) is 38.2 Å². The van der Waals surface area contributed by atoms with Crippen molar-refractivity contribution < 1.29 is 32.5 Å². The quantitative estimate of drug-likeness (QED) is 0.550. The van der Waals surface area contributed by atoms with E-state index in [1.54, 1.807) is 0 Å². The molecule has 0 aliphatic heterocycles. The van der Waals surface area contributed by atoms with E-state index in [-0.39, 0.29) is 25.2 Å². The van der Waals surface area contributed by atoms with Gasteiger partial charge in [-0.3, -0.25) is 25.0 Å². The molecule has 1 rings (SSSR count). The molecule has 0 bridgehead atoms. The predicted octanol–water partition coefficient (Wildman–Crippen LogP) is 2.48. The van der Waals surface area contributed by atoms with E-state index in [0.29, 0.717) is 4.90 Å². The van der Waals surface area contributed by atoms with Crippen molar-refractivity contribution in [2.45, 2.75) is 20.0 Å². The molecular formula is C12H12F3N3O6. The molecule has 0 aliphatic rings. The van der Waals surface area contributed by atoms with E-state index in [9.17, 15) is 38.2 Å². The fourth-order valence-corrected chi connectivity index (χ4v) is 1.77. The Hall–Kier alpha value is -2.92. The highest BCUT2D eigenvalue weighted by Crippen LogP contribution is 2.36. The van der Waals surface area contributed by atoms with Crippen molar-refractivity contribution in [3.8, 4) is 5.75 Å². The third kappa shape index (κ3) is 3.88. The molecule has 1 aromatic carbocycles. The first-order valence-electron chi connectivity index (χ1n) is 6.53. The van der Waals surface area contributed by atoms with Gasteiger partial charge in [0, 0.05) is 19.2 Å². The highest BCUT2D eigenvalue weighted by Gasteiger charge is 2.46. The Morgan fingerprint density at radius 2 is 1.67 bits per heavy atom. The molecule has 0 unspecified atom stereocenters. The largest absolute Gasteiger partial charge is 0.482 e. The standard InChI is InChI=1S/C12H12F3N3O6/c1-3-16(4-2)11(19)12(14,15)24-10-5-7(13)8(17(20)21)6-9(10)18(22)23/h5-6H,3-4H2,1-2H3. The van der Waals surface area contributed by atoms with E-state index in [4.69, 9.17) is 0 Å². The number of carbonyl (C=O) groups is 1. The number of nitro groups is 2. The molecule has 0 heterocycles. The number of halogens is 3. The number of alkyl halides is 2. The van der Waals surface area contributed by atoms with Crippen molar-refractivity contribution in [3.63, 3.8) is 0 Å². The highest BCUT2D eigenvalue weighted by atomic mass is 19.3. The summed E-state index contributed by atoms with van der Waals surface area (Å²) >= 11 is 0. The van der Waals surface area contributed by atoms with Crippen LogP contribution >= 0.6 is 0 Å². The zero-order valence-electron chi connectivity index (χ0n) is 12.5. The molecule has 1 amide bonds. The van der Waals surface area contributed by atoms with Crippen LogP contribution in [0.3, 0.4) is 0 Å². The number of ether oxygens (including phenoxy) is 1. The molecule has 12 heteroatoms. The highest BCUT2D eigenvalue weighted by molar-refractivity contribution is 5.82. The number of hydrogen-bond donors (Lipinski definition) is 0. The van der Waals surface area contributed by atoms with Crippen molar-refractivity contribution in [1.29, 1.82) is 0 Å². The molecule has 0 N–H and O–H groups in total. The van der Waals surface area contributed by atoms with Crippen molar-refractivity contribution in [1.82, 2.24) is 4.90 Å². The van der Waals surface area contributed by atoms with E-state index in [2.05, 4.69) is 4.74 Å². The second-order valence-electron chi connectivity index (χ2n) is 4.38. The maximum Gasteiger partial charge on any atom is 0.482 e. The van der Waals surface area contributed by atoms with Gasteiger partial charge in [-0.2, -0.15) is 13.2 Å². The Morgan fingerprint density at radius 1 is 1.17 bits per heavy atom. The van der Waals surface area contributed by atoms with Crippen molar-refractivity contribution in [2.24, 2.45) is 0 Å². The average Bonchev–Trinajstić information content (AvgIpc) is 2.47. The number of likely N-dealkylation sites (N-methyl/N-ethyl adjacent to an activating group) is 1. The molecule has 24 heavy (non-hydrogen) atoms. The van der Waals surface area contributed by atoms with Crippen molar-refractivity contribution in [2.75, 3.05) is 13.1 Å². The molecular weight excluding hydrogens is 339 g/mol. The number of carbonyl (C=O) groups excluding carboxylic acids is 1. The van der Waals surface area contributed by atoms with E-state index in [0.717, 1.165) is 0 Å².